The molecule has 0 radical (unpaired) electrons. The van der Waals surface area contributed by atoms with Crippen molar-refractivity contribution < 1.29 is 0 Å². The van der Waals surface area contributed by atoms with E-state index in [2.05, 4.69) is 27.0 Å². The van der Waals surface area contributed by atoms with Gasteiger partial charge in [-0.2, -0.15) is 0 Å². The maximum absolute atomic E-state index is 5.66. The van der Waals surface area contributed by atoms with Crippen LogP contribution in [0.25, 0.3) is 22.4 Å². The largest absolute Gasteiger partial charge is 0.399 e. The maximum atomic E-state index is 5.66. The molecule has 2 nitrogen and oxygen atoms in total. The Bertz CT molecular complexity index is 744. The van der Waals surface area contributed by atoms with Gasteiger partial charge >= 0.3 is 0 Å². The van der Waals surface area contributed by atoms with Crippen LogP contribution in [0.15, 0.2) is 46.9 Å². The number of nitrogens with zero attached hydrogens (tertiary/aromatic N) is 1. The van der Waals surface area contributed by atoms with E-state index >= 15 is 0 Å². The molecule has 1 heterocycles. The highest BCUT2D eigenvalue weighted by Crippen LogP contribution is 2.26. The SMILES string of the molecule is Nc1ccc(C=Cc2nc3ccc(Br)cc3s2)cc1. The van der Waals surface area contributed by atoms with Crippen LogP contribution in [0.2, 0.25) is 0 Å². The van der Waals surface area contributed by atoms with Crippen LogP contribution in [-0.4, -0.2) is 4.98 Å². The Kier molecular flexibility index (Phi) is 3.36. The first-order valence-electron chi connectivity index (χ1n) is 5.80. The summed E-state index contributed by atoms with van der Waals surface area (Å²) >= 11 is 5.15. The molecule has 0 aliphatic heterocycles. The number of hydrogen-bond donors (Lipinski definition) is 1. The van der Waals surface area contributed by atoms with Crippen LogP contribution in [-0.2, 0) is 0 Å². The molecule has 0 bridgehead atoms. The van der Waals surface area contributed by atoms with Crippen LogP contribution in [0.3, 0.4) is 0 Å². The zero-order valence-electron chi connectivity index (χ0n) is 10.0. The third-order valence-corrected chi connectivity index (χ3v) is 4.20. The summed E-state index contributed by atoms with van der Waals surface area (Å²) < 4.78 is 2.27. The predicted octanol–water partition coefficient (Wildman–Crippen LogP) is 4.81. The van der Waals surface area contributed by atoms with Crippen molar-refractivity contribution in [2.45, 2.75) is 0 Å². The molecule has 1 aromatic heterocycles. The van der Waals surface area contributed by atoms with Crippen LogP contribution < -0.4 is 5.73 Å². The highest BCUT2D eigenvalue weighted by molar-refractivity contribution is 9.10. The standard InChI is InChI=1S/C15H11BrN2S/c16-11-4-7-13-14(9-11)19-15(18-13)8-3-10-1-5-12(17)6-2-10/h1-9H,17H2. The number of anilines is 1. The highest BCUT2D eigenvalue weighted by Gasteiger charge is 2.01. The number of aromatic nitrogens is 1. The molecular weight excluding hydrogens is 320 g/mol. The minimum Gasteiger partial charge on any atom is -0.399 e. The van der Waals surface area contributed by atoms with Gasteiger partial charge in [0.15, 0.2) is 0 Å². The van der Waals surface area contributed by atoms with Gasteiger partial charge < -0.3 is 5.73 Å². The summed E-state index contributed by atoms with van der Waals surface area (Å²) in [5.41, 5.74) is 8.59. The molecule has 0 aliphatic carbocycles. The number of fused-ring (bicyclic) bond motifs is 1. The van der Waals surface area contributed by atoms with E-state index in [0.29, 0.717) is 0 Å². The van der Waals surface area contributed by atoms with Gasteiger partial charge in [0.25, 0.3) is 0 Å². The second-order valence-corrected chi connectivity index (χ2v) is 6.14. The third kappa shape index (κ3) is 2.85. The Labute approximate surface area is 123 Å². The van der Waals surface area contributed by atoms with E-state index in [1.165, 1.54) is 4.70 Å². The van der Waals surface area contributed by atoms with Gasteiger partial charge in [-0.15, -0.1) is 11.3 Å². The van der Waals surface area contributed by atoms with Crippen LogP contribution in [0.4, 0.5) is 5.69 Å². The average Bonchev–Trinajstić information content (AvgIpc) is 2.80. The van der Waals surface area contributed by atoms with Crippen LogP contribution in [0.1, 0.15) is 10.6 Å². The van der Waals surface area contributed by atoms with Gasteiger partial charge in [0, 0.05) is 10.2 Å². The molecular formula is C15H11BrN2S. The average molecular weight is 331 g/mol. The first-order chi connectivity index (χ1) is 9.20. The van der Waals surface area contributed by atoms with E-state index in [9.17, 15) is 0 Å². The molecule has 0 unspecified atom stereocenters. The van der Waals surface area contributed by atoms with Gasteiger partial charge in [0.1, 0.15) is 5.01 Å². The molecule has 3 aromatic rings. The summed E-state index contributed by atoms with van der Waals surface area (Å²) in [6.07, 6.45) is 4.08. The first-order valence-corrected chi connectivity index (χ1v) is 7.41. The fourth-order valence-corrected chi connectivity index (χ4v) is 3.18. The van der Waals surface area contributed by atoms with Gasteiger partial charge in [0.2, 0.25) is 0 Å². The minimum absolute atomic E-state index is 0.780. The number of halogens is 1. The smallest absolute Gasteiger partial charge is 0.117 e. The number of rotatable bonds is 2. The Morgan fingerprint density at radius 1 is 1.05 bits per heavy atom. The van der Waals surface area contributed by atoms with E-state index in [4.69, 9.17) is 5.73 Å². The monoisotopic (exact) mass is 330 g/mol. The third-order valence-electron chi connectivity index (χ3n) is 2.72. The predicted molar refractivity (Wildman–Crippen MR) is 87.1 cm³/mol. The molecule has 0 saturated heterocycles. The summed E-state index contributed by atoms with van der Waals surface area (Å²) in [5.74, 6) is 0. The molecule has 0 saturated carbocycles. The molecule has 19 heavy (non-hydrogen) atoms. The van der Waals surface area contributed by atoms with Gasteiger partial charge in [-0.3, -0.25) is 0 Å². The van der Waals surface area contributed by atoms with E-state index in [0.717, 1.165) is 26.2 Å². The van der Waals surface area contributed by atoms with Crippen molar-refractivity contribution in [1.29, 1.82) is 0 Å². The summed E-state index contributed by atoms with van der Waals surface area (Å²) in [6.45, 7) is 0. The van der Waals surface area contributed by atoms with Gasteiger partial charge in [-0.1, -0.05) is 34.1 Å². The Morgan fingerprint density at radius 2 is 1.84 bits per heavy atom. The van der Waals surface area contributed by atoms with Crippen molar-refractivity contribution >= 4 is 55.3 Å². The highest BCUT2D eigenvalue weighted by atomic mass is 79.9. The molecule has 3 rings (SSSR count). The van der Waals surface area contributed by atoms with Crippen molar-refractivity contribution in [3.05, 3.63) is 57.5 Å². The number of thiazole rings is 1. The summed E-state index contributed by atoms with van der Waals surface area (Å²) in [7, 11) is 0. The van der Waals surface area contributed by atoms with Crippen LogP contribution in [0, 0.1) is 0 Å². The Morgan fingerprint density at radius 3 is 2.63 bits per heavy atom. The number of benzene rings is 2. The quantitative estimate of drug-likeness (QED) is 0.684. The second-order valence-electron chi connectivity index (χ2n) is 4.16. The zero-order valence-corrected chi connectivity index (χ0v) is 12.4. The molecule has 0 spiro atoms. The second kappa shape index (κ2) is 5.15. The van der Waals surface area contributed by atoms with Crippen molar-refractivity contribution in [3.8, 4) is 0 Å². The molecule has 0 fully saturated rings. The number of nitrogen functional groups attached to an aromatic ring is 1. The maximum Gasteiger partial charge on any atom is 0.117 e. The fourth-order valence-electron chi connectivity index (χ4n) is 1.76. The van der Waals surface area contributed by atoms with Crippen LogP contribution >= 0.6 is 27.3 Å². The molecule has 0 atom stereocenters. The zero-order chi connectivity index (χ0) is 13.2. The van der Waals surface area contributed by atoms with Gasteiger partial charge in [-0.25, -0.2) is 4.98 Å². The lowest BCUT2D eigenvalue weighted by molar-refractivity contribution is 1.46. The van der Waals surface area contributed by atoms with Gasteiger partial charge in [0.05, 0.1) is 10.2 Å². The van der Waals surface area contributed by atoms with Crippen molar-refractivity contribution in [1.82, 2.24) is 4.98 Å². The fraction of sp³-hybridized carbons (Fsp3) is 0. The van der Waals surface area contributed by atoms with E-state index < -0.39 is 0 Å². The van der Waals surface area contributed by atoms with E-state index in [-0.39, 0.29) is 0 Å². The molecule has 4 heteroatoms. The first kappa shape index (κ1) is 12.4. The number of nitrogens with two attached hydrogens (primary N) is 1. The topological polar surface area (TPSA) is 38.9 Å². The van der Waals surface area contributed by atoms with Crippen LogP contribution in [0.5, 0.6) is 0 Å². The summed E-state index contributed by atoms with van der Waals surface area (Å²) in [4.78, 5) is 4.57. The van der Waals surface area contributed by atoms with Crippen molar-refractivity contribution in [3.63, 3.8) is 0 Å². The van der Waals surface area contributed by atoms with Crippen molar-refractivity contribution in [2.24, 2.45) is 0 Å². The lowest BCUT2D eigenvalue weighted by Gasteiger charge is -1.93. The lowest BCUT2D eigenvalue weighted by atomic mass is 10.2. The van der Waals surface area contributed by atoms with E-state index in [1.54, 1.807) is 11.3 Å². The summed E-state index contributed by atoms with van der Waals surface area (Å²) in [5, 5.41) is 1.00. The minimum atomic E-state index is 0.780. The summed E-state index contributed by atoms with van der Waals surface area (Å²) in [6, 6.07) is 13.9. The Balaban J connectivity index is 1.90. The molecule has 0 amide bonds. The van der Waals surface area contributed by atoms with Crippen molar-refractivity contribution in [2.75, 3.05) is 5.73 Å². The normalized spacial score (nSPS) is 11.4. The van der Waals surface area contributed by atoms with E-state index in [1.807, 2.05) is 48.6 Å². The molecule has 2 N–H and O–H groups in total. The molecule has 94 valence electrons. The molecule has 0 aliphatic rings. The Hall–Kier alpha value is -1.65. The number of hydrogen-bond acceptors (Lipinski definition) is 3. The lowest BCUT2D eigenvalue weighted by Crippen LogP contribution is -1.82. The molecule has 2 aromatic carbocycles. The van der Waals surface area contributed by atoms with Gasteiger partial charge in [-0.05, 0) is 42.0 Å².